The Hall–Kier alpha value is -2.22. The molecule has 2 N–H and O–H groups in total. The van der Waals surface area contributed by atoms with Gasteiger partial charge in [0, 0.05) is 16.4 Å². The number of aliphatic hydroxyl groups is 1. The highest BCUT2D eigenvalue weighted by molar-refractivity contribution is 7.99. The van der Waals surface area contributed by atoms with E-state index in [-0.39, 0.29) is 23.7 Å². The predicted octanol–water partition coefficient (Wildman–Crippen LogP) is 6.33. The lowest BCUT2D eigenvalue weighted by Gasteiger charge is -2.23. The zero-order valence-corrected chi connectivity index (χ0v) is 21.7. The van der Waals surface area contributed by atoms with Gasteiger partial charge < -0.3 is 19.8 Å². The lowest BCUT2D eigenvalue weighted by molar-refractivity contribution is -0.139. The molecule has 3 unspecified atom stereocenters. The van der Waals surface area contributed by atoms with Crippen molar-refractivity contribution in [2.45, 2.75) is 69.3 Å². The number of hydrogen-bond donors (Lipinski definition) is 2. The molecule has 2 aromatic carbocycles. The number of rotatable bonds is 13. The first-order valence-corrected chi connectivity index (χ1v) is 12.8. The van der Waals surface area contributed by atoms with E-state index in [9.17, 15) is 15.1 Å². The van der Waals surface area contributed by atoms with E-state index in [1.54, 1.807) is 6.07 Å². The summed E-state index contributed by atoms with van der Waals surface area (Å²) >= 11 is 7.95. The summed E-state index contributed by atoms with van der Waals surface area (Å²) in [5, 5.41) is 24.3. The fourth-order valence-corrected chi connectivity index (χ4v) is 4.92. The van der Waals surface area contributed by atoms with Gasteiger partial charge in [-0.3, -0.25) is 4.79 Å². The molecular formula is C26H34ClNO5S. The van der Waals surface area contributed by atoms with Gasteiger partial charge in [-0.1, -0.05) is 73.9 Å². The molecule has 0 aromatic heterocycles. The number of aliphatic hydroxyl groups excluding tert-OH is 1. The molecule has 0 bridgehead atoms. The summed E-state index contributed by atoms with van der Waals surface area (Å²) in [5.41, 5.74) is 1.76. The largest absolute Gasteiger partial charge is 0.479 e. The van der Waals surface area contributed by atoms with E-state index in [2.05, 4.69) is 5.16 Å². The summed E-state index contributed by atoms with van der Waals surface area (Å²) in [7, 11) is 1.36. The van der Waals surface area contributed by atoms with E-state index >= 15 is 0 Å². The fourth-order valence-electron chi connectivity index (χ4n) is 3.65. The molecule has 0 aliphatic rings. The highest BCUT2D eigenvalue weighted by Gasteiger charge is 2.25. The number of carbonyl (C=O) groups is 1. The van der Waals surface area contributed by atoms with Gasteiger partial charge in [-0.15, -0.1) is 0 Å². The standard InChI is InChI=1S/C26H34ClNO5S/c1-5-9-20(22(29)6-2)26(28-31)18-10-8-11-19(16-18)33-25(7-3)34-23-13-12-17(14-21(23)27)15-24(30)32-4/h8,10-14,16,20,22,25,29,31H,5-7,9,15H2,1-4H3/b28-26+. The van der Waals surface area contributed by atoms with Gasteiger partial charge in [0.05, 0.1) is 30.4 Å². The second kappa shape index (κ2) is 14.2. The summed E-state index contributed by atoms with van der Waals surface area (Å²) in [6, 6.07) is 12.9. The summed E-state index contributed by atoms with van der Waals surface area (Å²) in [6.45, 7) is 5.98. The van der Waals surface area contributed by atoms with Crippen LogP contribution in [-0.4, -0.2) is 40.6 Å². The number of hydrogen-bond acceptors (Lipinski definition) is 7. The molecule has 2 rings (SSSR count). The van der Waals surface area contributed by atoms with Crippen molar-refractivity contribution < 1.29 is 24.6 Å². The van der Waals surface area contributed by atoms with Gasteiger partial charge in [-0.05, 0) is 49.1 Å². The zero-order chi connectivity index (χ0) is 25.1. The average Bonchev–Trinajstić information content (AvgIpc) is 2.84. The fraction of sp³-hybridized carbons (Fsp3) is 0.462. The number of thioether (sulfide) groups is 1. The number of ether oxygens (including phenoxy) is 2. The van der Waals surface area contributed by atoms with Crippen LogP contribution in [0.4, 0.5) is 0 Å². The number of oxime groups is 1. The molecule has 0 spiro atoms. The molecule has 0 saturated carbocycles. The molecule has 0 fully saturated rings. The number of esters is 1. The third-order valence-corrected chi connectivity index (χ3v) is 7.23. The Kier molecular flexibility index (Phi) is 11.7. The molecule has 2 aromatic rings. The van der Waals surface area contributed by atoms with Gasteiger partial charge in [0.2, 0.25) is 0 Å². The van der Waals surface area contributed by atoms with E-state index < -0.39 is 6.10 Å². The van der Waals surface area contributed by atoms with Crippen LogP contribution >= 0.6 is 23.4 Å². The van der Waals surface area contributed by atoms with Crippen molar-refractivity contribution in [2.75, 3.05) is 7.11 Å². The van der Waals surface area contributed by atoms with Crippen LogP contribution in [0.2, 0.25) is 5.02 Å². The minimum absolute atomic E-state index is 0.169. The van der Waals surface area contributed by atoms with Crippen molar-refractivity contribution >= 4 is 35.0 Å². The maximum Gasteiger partial charge on any atom is 0.309 e. The van der Waals surface area contributed by atoms with Crippen LogP contribution in [-0.2, 0) is 16.0 Å². The normalized spacial score (nSPS) is 14.4. The van der Waals surface area contributed by atoms with Crippen molar-refractivity contribution in [3.8, 4) is 5.75 Å². The van der Waals surface area contributed by atoms with Crippen molar-refractivity contribution in [1.29, 1.82) is 0 Å². The Balaban J connectivity index is 2.18. The van der Waals surface area contributed by atoms with Crippen LogP contribution in [0.15, 0.2) is 52.5 Å². The van der Waals surface area contributed by atoms with Crippen LogP contribution in [0.25, 0.3) is 0 Å². The predicted molar refractivity (Wildman–Crippen MR) is 137 cm³/mol. The second-order valence-electron chi connectivity index (χ2n) is 7.98. The molecule has 0 radical (unpaired) electrons. The summed E-state index contributed by atoms with van der Waals surface area (Å²) in [5.74, 6) is 0.0658. The number of halogens is 1. The van der Waals surface area contributed by atoms with E-state index in [0.29, 0.717) is 22.9 Å². The third kappa shape index (κ3) is 7.93. The molecule has 0 amide bonds. The maximum absolute atomic E-state index is 11.5. The first kappa shape index (κ1) is 28.0. The molecule has 0 aliphatic heterocycles. The Morgan fingerprint density at radius 2 is 1.91 bits per heavy atom. The van der Waals surface area contributed by atoms with Crippen LogP contribution in [0.3, 0.4) is 0 Å². The van der Waals surface area contributed by atoms with E-state index in [4.69, 9.17) is 21.1 Å². The van der Waals surface area contributed by atoms with Crippen LogP contribution in [0.1, 0.15) is 57.6 Å². The smallest absolute Gasteiger partial charge is 0.309 e. The van der Waals surface area contributed by atoms with Gasteiger partial charge in [-0.25, -0.2) is 0 Å². The Morgan fingerprint density at radius 3 is 2.50 bits per heavy atom. The topological polar surface area (TPSA) is 88.4 Å². The van der Waals surface area contributed by atoms with Crippen molar-refractivity contribution in [3.63, 3.8) is 0 Å². The highest BCUT2D eigenvalue weighted by Crippen LogP contribution is 2.34. The van der Waals surface area contributed by atoms with Crippen LogP contribution in [0, 0.1) is 5.92 Å². The van der Waals surface area contributed by atoms with Crippen LogP contribution in [0.5, 0.6) is 5.75 Å². The molecule has 6 nitrogen and oxygen atoms in total. The molecule has 0 aliphatic carbocycles. The average molecular weight is 508 g/mol. The SMILES string of the molecule is CCCC(/C(=N/O)c1cccc(OC(CC)Sc2ccc(CC(=O)OC)cc2Cl)c1)C(O)CC. The van der Waals surface area contributed by atoms with E-state index in [1.165, 1.54) is 18.9 Å². The summed E-state index contributed by atoms with van der Waals surface area (Å²) in [6.07, 6.45) is 2.47. The molecule has 8 heteroatoms. The number of nitrogens with zero attached hydrogens (tertiary/aromatic N) is 1. The second-order valence-corrected chi connectivity index (χ2v) is 9.58. The number of methoxy groups -OCH3 is 1. The van der Waals surface area contributed by atoms with Crippen molar-refractivity contribution in [2.24, 2.45) is 11.1 Å². The Morgan fingerprint density at radius 1 is 1.15 bits per heavy atom. The number of carbonyl (C=O) groups excluding carboxylic acids is 1. The number of benzene rings is 2. The molecule has 0 saturated heterocycles. The molecule has 186 valence electrons. The minimum Gasteiger partial charge on any atom is -0.479 e. The zero-order valence-electron chi connectivity index (χ0n) is 20.2. The minimum atomic E-state index is -0.585. The Labute approximate surface area is 211 Å². The van der Waals surface area contributed by atoms with Gasteiger partial charge in [0.25, 0.3) is 0 Å². The Bertz CT molecular complexity index is 968. The van der Waals surface area contributed by atoms with Crippen molar-refractivity contribution in [3.05, 3.63) is 58.6 Å². The highest BCUT2D eigenvalue weighted by atomic mass is 35.5. The first-order valence-electron chi connectivity index (χ1n) is 11.6. The molecule has 34 heavy (non-hydrogen) atoms. The molecule has 0 heterocycles. The van der Waals surface area contributed by atoms with Gasteiger partial charge in [0.1, 0.15) is 11.2 Å². The monoisotopic (exact) mass is 507 g/mol. The van der Waals surface area contributed by atoms with Crippen molar-refractivity contribution in [1.82, 2.24) is 0 Å². The first-order chi connectivity index (χ1) is 16.4. The van der Waals surface area contributed by atoms with Crippen LogP contribution < -0.4 is 4.74 Å². The summed E-state index contributed by atoms with van der Waals surface area (Å²) in [4.78, 5) is 12.4. The van der Waals surface area contributed by atoms with Gasteiger partial charge >= 0.3 is 5.97 Å². The van der Waals surface area contributed by atoms with Gasteiger partial charge in [-0.2, -0.15) is 0 Å². The maximum atomic E-state index is 11.5. The van der Waals surface area contributed by atoms with Gasteiger partial charge in [0.15, 0.2) is 0 Å². The molecule has 3 atom stereocenters. The lowest BCUT2D eigenvalue weighted by Crippen LogP contribution is -2.28. The molecular weight excluding hydrogens is 474 g/mol. The van der Waals surface area contributed by atoms with E-state index in [1.807, 2.05) is 57.2 Å². The quantitative estimate of drug-likeness (QED) is 0.0822. The summed E-state index contributed by atoms with van der Waals surface area (Å²) < 4.78 is 10.9. The lowest BCUT2D eigenvalue weighted by atomic mass is 9.87. The third-order valence-electron chi connectivity index (χ3n) is 5.50. The van der Waals surface area contributed by atoms with E-state index in [0.717, 1.165) is 35.3 Å².